The van der Waals surface area contributed by atoms with Crippen LogP contribution in [0.25, 0.3) is 0 Å². The molecule has 0 saturated carbocycles. The molecule has 1 fully saturated rings. The molecule has 0 amide bonds. The van der Waals surface area contributed by atoms with Crippen molar-refractivity contribution in [2.75, 3.05) is 25.0 Å². The molecule has 100 valence electrons. The van der Waals surface area contributed by atoms with Crippen LogP contribution in [0.2, 0.25) is 0 Å². The van der Waals surface area contributed by atoms with Crippen LogP contribution in [-0.4, -0.2) is 40.7 Å². The maximum atomic E-state index is 9.49. The van der Waals surface area contributed by atoms with Gasteiger partial charge in [0.05, 0.1) is 6.10 Å². The number of hydrogen-bond donors (Lipinski definition) is 2. The molecule has 1 aromatic heterocycles. The van der Waals surface area contributed by atoms with Crippen LogP contribution in [0.4, 0.5) is 5.82 Å². The van der Waals surface area contributed by atoms with E-state index in [0.717, 1.165) is 51.3 Å². The van der Waals surface area contributed by atoms with Gasteiger partial charge < -0.3 is 10.4 Å². The van der Waals surface area contributed by atoms with Gasteiger partial charge in [-0.05, 0) is 37.0 Å². The first kappa shape index (κ1) is 13.3. The molecule has 18 heavy (non-hydrogen) atoms. The van der Waals surface area contributed by atoms with E-state index >= 15 is 0 Å². The fourth-order valence-corrected chi connectivity index (χ4v) is 2.26. The van der Waals surface area contributed by atoms with Crippen LogP contribution in [-0.2, 0) is 6.54 Å². The van der Waals surface area contributed by atoms with Crippen molar-refractivity contribution in [3.05, 3.63) is 23.9 Å². The zero-order chi connectivity index (χ0) is 12.8. The summed E-state index contributed by atoms with van der Waals surface area (Å²) in [5, 5.41) is 12.8. The molecule has 1 aliphatic rings. The van der Waals surface area contributed by atoms with E-state index in [1.165, 1.54) is 5.56 Å². The van der Waals surface area contributed by atoms with Crippen LogP contribution in [0.15, 0.2) is 18.3 Å². The Hall–Kier alpha value is -1.13. The maximum absolute atomic E-state index is 9.49. The number of aromatic nitrogens is 1. The Bertz CT molecular complexity index is 362. The van der Waals surface area contributed by atoms with Gasteiger partial charge in [-0.25, -0.2) is 4.98 Å². The third-order valence-corrected chi connectivity index (χ3v) is 3.34. The number of pyridine rings is 1. The van der Waals surface area contributed by atoms with E-state index in [2.05, 4.69) is 34.3 Å². The smallest absolute Gasteiger partial charge is 0.126 e. The fraction of sp³-hybridized carbons (Fsp3) is 0.643. The van der Waals surface area contributed by atoms with Gasteiger partial charge in [-0.3, -0.25) is 4.90 Å². The van der Waals surface area contributed by atoms with Gasteiger partial charge in [0.1, 0.15) is 5.82 Å². The number of aliphatic hydroxyl groups is 1. The predicted molar refractivity (Wildman–Crippen MR) is 73.5 cm³/mol. The Kier molecular flexibility index (Phi) is 4.96. The molecule has 0 spiro atoms. The Labute approximate surface area is 109 Å². The van der Waals surface area contributed by atoms with Crippen molar-refractivity contribution >= 4 is 5.82 Å². The number of piperidine rings is 1. The van der Waals surface area contributed by atoms with Crippen LogP contribution >= 0.6 is 0 Å². The van der Waals surface area contributed by atoms with E-state index in [0.29, 0.717) is 0 Å². The van der Waals surface area contributed by atoms with Gasteiger partial charge in [-0.2, -0.15) is 0 Å². The summed E-state index contributed by atoms with van der Waals surface area (Å²) in [5.41, 5.74) is 1.29. The van der Waals surface area contributed by atoms with E-state index in [9.17, 15) is 5.11 Å². The van der Waals surface area contributed by atoms with Gasteiger partial charge in [-0.1, -0.05) is 6.92 Å². The lowest BCUT2D eigenvalue weighted by atomic mass is 10.1. The number of nitrogens with zero attached hydrogens (tertiary/aromatic N) is 2. The van der Waals surface area contributed by atoms with Gasteiger partial charge in [0.25, 0.3) is 0 Å². The molecule has 4 heteroatoms. The molecule has 0 atom stereocenters. The standard InChI is InChI=1S/C14H23N3O/c1-2-6-15-14-10-12(3-7-16-14)11-17-8-4-13(18)5-9-17/h3,7,10,13,18H,2,4-6,8-9,11H2,1H3,(H,15,16). The summed E-state index contributed by atoms with van der Waals surface area (Å²) in [6, 6.07) is 4.20. The second-order valence-corrected chi connectivity index (χ2v) is 4.98. The van der Waals surface area contributed by atoms with Crippen molar-refractivity contribution in [2.45, 2.75) is 38.8 Å². The number of rotatable bonds is 5. The zero-order valence-electron chi connectivity index (χ0n) is 11.1. The highest BCUT2D eigenvalue weighted by molar-refractivity contribution is 5.37. The van der Waals surface area contributed by atoms with Crippen LogP contribution in [0, 0.1) is 0 Å². The molecule has 0 aromatic carbocycles. The average molecular weight is 249 g/mol. The highest BCUT2D eigenvalue weighted by Gasteiger charge is 2.16. The minimum absolute atomic E-state index is 0.0968. The summed E-state index contributed by atoms with van der Waals surface area (Å²) in [7, 11) is 0. The van der Waals surface area contributed by atoms with Crippen molar-refractivity contribution in [1.29, 1.82) is 0 Å². The maximum Gasteiger partial charge on any atom is 0.126 e. The van der Waals surface area contributed by atoms with Crippen LogP contribution < -0.4 is 5.32 Å². The van der Waals surface area contributed by atoms with E-state index in [-0.39, 0.29) is 6.10 Å². The van der Waals surface area contributed by atoms with E-state index in [1.807, 2.05) is 6.20 Å². The quantitative estimate of drug-likeness (QED) is 0.836. The fourth-order valence-electron chi connectivity index (χ4n) is 2.26. The van der Waals surface area contributed by atoms with Crippen molar-refractivity contribution in [3.63, 3.8) is 0 Å². The number of likely N-dealkylation sites (tertiary alicyclic amines) is 1. The van der Waals surface area contributed by atoms with Gasteiger partial charge in [0, 0.05) is 32.4 Å². The lowest BCUT2D eigenvalue weighted by Gasteiger charge is -2.29. The minimum Gasteiger partial charge on any atom is -0.393 e. The normalized spacial score (nSPS) is 17.9. The molecule has 2 rings (SSSR count). The van der Waals surface area contributed by atoms with E-state index in [1.54, 1.807) is 0 Å². The molecule has 2 heterocycles. The minimum atomic E-state index is -0.0968. The van der Waals surface area contributed by atoms with E-state index in [4.69, 9.17) is 0 Å². The number of hydrogen-bond acceptors (Lipinski definition) is 4. The molecule has 1 aliphatic heterocycles. The Morgan fingerprint density at radius 3 is 2.94 bits per heavy atom. The Morgan fingerprint density at radius 1 is 1.44 bits per heavy atom. The first-order valence-corrected chi connectivity index (χ1v) is 6.87. The molecule has 2 N–H and O–H groups in total. The number of aliphatic hydroxyl groups excluding tert-OH is 1. The Morgan fingerprint density at radius 2 is 2.22 bits per heavy atom. The van der Waals surface area contributed by atoms with Crippen molar-refractivity contribution < 1.29 is 5.11 Å². The summed E-state index contributed by atoms with van der Waals surface area (Å²) in [6.45, 7) is 6.04. The van der Waals surface area contributed by atoms with Crippen molar-refractivity contribution in [2.24, 2.45) is 0 Å². The SMILES string of the molecule is CCCNc1cc(CN2CCC(O)CC2)ccn1. The molecular weight excluding hydrogens is 226 g/mol. The highest BCUT2D eigenvalue weighted by atomic mass is 16.3. The summed E-state index contributed by atoms with van der Waals surface area (Å²) in [4.78, 5) is 6.71. The topological polar surface area (TPSA) is 48.4 Å². The molecule has 0 radical (unpaired) electrons. The summed E-state index contributed by atoms with van der Waals surface area (Å²) < 4.78 is 0. The third kappa shape index (κ3) is 3.96. The summed E-state index contributed by atoms with van der Waals surface area (Å²) in [5.74, 6) is 0.964. The largest absolute Gasteiger partial charge is 0.393 e. The molecular formula is C14H23N3O. The van der Waals surface area contributed by atoms with Gasteiger partial charge in [-0.15, -0.1) is 0 Å². The third-order valence-electron chi connectivity index (χ3n) is 3.34. The highest BCUT2D eigenvalue weighted by Crippen LogP contribution is 2.15. The van der Waals surface area contributed by atoms with Gasteiger partial charge in [0.15, 0.2) is 0 Å². The molecule has 4 nitrogen and oxygen atoms in total. The van der Waals surface area contributed by atoms with Gasteiger partial charge >= 0.3 is 0 Å². The lowest BCUT2D eigenvalue weighted by molar-refractivity contribution is 0.0792. The zero-order valence-corrected chi connectivity index (χ0v) is 11.1. The van der Waals surface area contributed by atoms with Crippen molar-refractivity contribution in [1.82, 2.24) is 9.88 Å². The molecule has 1 saturated heterocycles. The van der Waals surface area contributed by atoms with Gasteiger partial charge in [0.2, 0.25) is 0 Å². The number of anilines is 1. The van der Waals surface area contributed by atoms with Crippen LogP contribution in [0.1, 0.15) is 31.7 Å². The first-order valence-electron chi connectivity index (χ1n) is 6.87. The first-order chi connectivity index (χ1) is 8.78. The summed E-state index contributed by atoms with van der Waals surface area (Å²) in [6.07, 6.45) is 4.67. The van der Waals surface area contributed by atoms with Crippen molar-refractivity contribution in [3.8, 4) is 0 Å². The molecule has 1 aromatic rings. The Balaban J connectivity index is 1.88. The number of nitrogens with one attached hydrogen (secondary N) is 1. The lowest BCUT2D eigenvalue weighted by Crippen LogP contribution is -2.35. The molecule has 0 unspecified atom stereocenters. The van der Waals surface area contributed by atoms with E-state index < -0.39 is 0 Å². The molecule has 0 bridgehead atoms. The second-order valence-electron chi connectivity index (χ2n) is 4.98. The van der Waals surface area contributed by atoms with Crippen LogP contribution in [0.3, 0.4) is 0 Å². The predicted octanol–water partition coefficient (Wildman–Crippen LogP) is 1.86. The summed E-state index contributed by atoms with van der Waals surface area (Å²) >= 11 is 0. The second kappa shape index (κ2) is 6.71. The van der Waals surface area contributed by atoms with Crippen LogP contribution in [0.5, 0.6) is 0 Å². The average Bonchev–Trinajstić information content (AvgIpc) is 2.40. The monoisotopic (exact) mass is 249 g/mol. The molecule has 0 aliphatic carbocycles.